The SMILES string of the molecule is CC(Sc1nnc(-c2ccc3c(c2)OCO3)o1)C(=O)NC(C)c1ccccc1. The van der Waals surface area contributed by atoms with E-state index in [1.54, 1.807) is 12.1 Å². The maximum absolute atomic E-state index is 12.5. The summed E-state index contributed by atoms with van der Waals surface area (Å²) in [6.07, 6.45) is 0. The van der Waals surface area contributed by atoms with Gasteiger partial charge in [0, 0.05) is 5.56 Å². The van der Waals surface area contributed by atoms with E-state index < -0.39 is 0 Å². The van der Waals surface area contributed by atoms with E-state index in [-0.39, 0.29) is 24.0 Å². The van der Waals surface area contributed by atoms with Gasteiger partial charge in [-0.25, -0.2) is 0 Å². The molecule has 2 unspecified atom stereocenters. The topological polar surface area (TPSA) is 86.5 Å². The second kappa shape index (κ2) is 7.93. The van der Waals surface area contributed by atoms with Crippen LogP contribution in [0.15, 0.2) is 58.2 Å². The van der Waals surface area contributed by atoms with Crippen molar-refractivity contribution in [2.24, 2.45) is 0 Å². The Kier molecular flexibility index (Phi) is 5.21. The van der Waals surface area contributed by atoms with E-state index in [9.17, 15) is 4.79 Å². The minimum absolute atomic E-state index is 0.0800. The summed E-state index contributed by atoms with van der Waals surface area (Å²) in [5, 5.41) is 11.1. The number of thioether (sulfide) groups is 1. The third-order valence-electron chi connectivity index (χ3n) is 4.33. The molecule has 1 amide bonds. The third-order valence-corrected chi connectivity index (χ3v) is 5.27. The Bertz CT molecular complexity index is 977. The lowest BCUT2D eigenvalue weighted by Gasteiger charge is -2.16. The van der Waals surface area contributed by atoms with E-state index in [0.29, 0.717) is 22.6 Å². The van der Waals surface area contributed by atoms with Crippen LogP contribution in [0.25, 0.3) is 11.5 Å². The standard InChI is InChI=1S/C20H19N3O4S/c1-12(14-6-4-3-5-7-14)21-18(24)13(2)28-20-23-22-19(27-20)15-8-9-16-17(10-15)26-11-25-16/h3-10,12-13H,11H2,1-2H3,(H,21,24). The summed E-state index contributed by atoms with van der Waals surface area (Å²) in [6, 6.07) is 15.2. The van der Waals surface area contributed by atoms with Gasteiger partial charge in [0.15, 0.2) is 11.5 Å². The van der Waals surface area contributed by atoms with Crippen LogP contribution in [0.2, 0.25) is 0 Å². The van der Waals surface area contributed by atoms with Crippen LogP contribution < -0.4 is 14.8 Å². The van der Waals surface area contributed by atoms with Crippen LogP contribution in [0, 0.1) is 0 Å². The quantitative estimate of drug-likeness (QED) is 0.633. The highest BCUT2D eigenvalue weighted by molar-refractivity contribution is 8.00. The summed E-state index contributed by atoms with van der Waals surface area (Å²) in [4.78, 5) is 12.5. The molecule has 0 fully saturated rings. The van der Waals surface area contributed by atoms with E-state index in [0.717, 1.165) is 11.1 Å². The van der Waals surface area contributed by atoms with Crippen molar-refractivity contribution in [2.45, 2.75) is 30.4 Å². The van der Waals surface area contributed by atoms with E-state index in [1.165, 1.54) is 11.8 Å². The van der Waals surface area contributed by atoms with Gasteiger partial charge >= 0.3 is 0 Å². The summed E-state index contributed by atoms with van der Waals surface area (Å²) in [5.41, 5.74) is 1.79. The molecule has 0 saturated carbocycles. The molecule has 7 nitrogen and oxygen atoms in total. The van der Waals surface area contributed by atoms with Gasteiger partial charge in [0.25, 0.3) is 5.22 Å². The van der Waals surface area contributed by atoms with Crippen molar-refractivity contribution < 1.29 is 18.7 Å². The van der Waals surface area contributed by atoms with Gasteiger partial charge < -0.3 is 19.2 Å². The fraction of sp³-hybridized carbons (Fsp3) is 0.250. The number of amides is 1. The van der Waals surface area contributed by atoms with Gasteiger partial charge in [-0.1, -0.05) is 42.1 Å². The van der Waals surface area contributed by atoms with Gasteiger partial charge in [-0.05, 0) is 37.6 Å². The predicted molar refractivity (Wildman–Crippen MR) is 104 cm³/mol. The monoisotopic (exact) mass is 397 g/mol. The molecule has 144 valence electrons. The number of nitrogens with zero attached hydrogens (tertiary/aromatic N) is 2. The minimum Gasteiger partial charge on any atom is -0.454 e. The lowest BCUT2D eigenvalue weighted by atomic mass is 10.1. The molecule has 1 aliphatic rings. The summed E-state index contributed by atoms with van der Waals surface area (Å²) in [6.45, 7) is 3.97. The first-order valence-electron chi connectivity index (χ1n) is 8.85. The Morgan fingerprint density at radius 3 is 2.68 bits per heavy atom. The van der Waals surface area contributed by atoms with Gasteiger partial charge in [0.05, 0.1) is 11.3 Å². The number of hydrogen-bond acceptors (Lipinski definition) is 7. The van der Waals surface area contributed by atoms with Crippen molar-refractivity contribution in [3.05, 3.63) is 54.1 Å². The number of benzene rings is 2. The fourth-order valence-corrected chi connectivity index (χ4v) is 3.46. The number of ether oxygens (including phenoxy) is 2. The van der Waals surface area contributed by atoms with E-state index in [4.69, 9.17) is 13.9 Å². The zero-order chi connectivity index (χ0) is 19.5. The maximum atomic E-state index is 12.5. The Morgan fingerprint density at radius 1 is 1.07 bits per heavy atom. The van der Waals surface area contributed by atoms with Crippen molar-refractivity contribution in [1.82, 2.24) is 15.5 Å². The number of aromatic nitrogens is 2. The zero-order valence-corrected chi connectivity index (χ0v) is 16.2. The normalized spacial score (nSPS) is 14.5. The van der Waals surface area contributed by atoms with E-state index >= 15 is 0 Å². The van der Waals surface area contributed by atoms with Crippen LogP contribution in [-0.4, -0.2) is 28.1 Å². The Balaban J connectivity index is 1.38. The van der Waals surface area contributed by atoms with Crippen molar-refractivity contribution in [1.29, 1.82) is 0 Å². The molecule has 0 saturated heterocycles. The van der Waals surface area contributed by atoms with Crippen LogP contribution >= 0.6 is 11.8 Å². The molecule has 0 spiro atoms. The van der Waals surface area contributed by atoms with Gasteiger partial charge in [0.2, 0.25) is 18.6 Å². The Hall–Kier alpha value is -3.00. The van der Waals surface area contributed by atoms with Gasteiger partial charge in [-0.2, -0.15) is 0 Å². The molecule has 1 N–H and O–H groups in total. The molecule has 2 heterocycles. The number of hydrogen-bond donors (Lipinski definition) is 1. The van der Waals surface area contributed by atoms with Crippen molar-refractivity contribution in [3.8, 4) is 23.0 Å². The van der Waals surface area contributed by atoms with Crippen LogP contribution in [0.3, 0.4) is 0 Å². The van der Waals surface area contributed by atoms with Gasteiger partial charge in [0.1, 0.15) is 0 Å². The van der Waals surface area contributed by atoms with Crippen molar-refractivity contribution in [2.75, 3.05) is 6.79 Å². The molecule has 0 bridgehead atoms. The summed E-state index contributed by atoms with van der Waals surface area (Å²) in [7, 11) is 0. The molecule has 4 rings (SSSR count). The second-order valence-corrected chi connectivity index (χ2v) is 7.63. The van der Waals surface area contributed by atoms with Crippen molar-refractivity contribution in [3.63, 3.8) is 0 Å². The molecular weight excluding hydrogens is 378 g/mol. The highest BCUT2D eigenvalue weighted by atomic mass is 32.2. The lowest BCUT2D eigenvalue weighted by molar-refractivity contribution is -0.120. The second-order valence-electron chi connectivity index (χ2n) is 6.34. The smallest absolute Gasteiger partial charge is 0.277 e. The van der Waals surface area contributed by atoms with Crippen LogP contribution in [0.5, 0.6) is 11.5 Å². The number of rotatable bonds is 6. The number of fused-ring (bicyclic) bond motifs is 1. The summed E-state index contributed by atoms with van der Waals surface area (Å²) >= 11 is 1.22. The van der Waals surface area contributed by atoms with Crippen LogP contribution in [-0.2, 0) is 4.79 Å². The van der Waals surface area contributed by atoms with Gasteiger partial charge in [-0.15, -0.1) is 10.2 Å². The molecular formula is C20H19N3O4S. The van der Waals surface area contributed by atoms with E-state index in [2.05, 4.69) is 15.5 Å². The Morgan fingerprint density at radius 2 is 1.86 bits per heavy atom. The molecule has 0 radical (unpaired) electrons. The molecule has 0 aliphatic carbocycles. The molecule has 8 heteroatoms. The third kappa shape index (κ3) is 3.96. The summed E-state index contributed by atoms with van der Waals surface area (Å²) < 4.78 is 16.4. The number of carbonyl (C=O) groups excluding carboxylic acids is 1. The largest absolute Gasteiger partial charge is 0.454 e. The molecule has 1 aromatic heterocycles. The molecule has 2 atom stereocenters. The lowest BCUT2D eigenvalue weighted by Crippen LogP contribution is -2.33. The molecule has 28 heavy (non-hydrogen) atoms. The molecule has 3 aromatic rings. The van der Waals surface area contributed by atoms with Gasteiger partial charge in [-0.3, -0.25) is 4.79 Å². The predicted octanol–water partition coefficient (Wildman–Crippen LogP) is 3.82. The average Bonchev–Trinajstić information content (AvgIpc) is 3.37. The minimum atomic E-state index is -0.379. The van der Waals surface area contributed by atoms with Crippen LogP contribution in [0.4, 0.5) is 0 Å². The average molecular weight is 397 g/mol. The first-order chi connectivity index (χ1) is 13.6. The first-order valence-corrected chi connectivity index (χ1v) is 9.73. The van der Waals surface area contributed by atoms with Crippen LogP contribution in [0.1, 0.15) is 25.5 Å². The molecule has 2 aromatic carbocycles. The highest BCUT2D eigenvalue weighted by Crippen LogP contribution is 2.36. The molecule has 1 aliphatic heterocycles. The van der Waals surface area contributed by atoms with E-state index in [1.807, 2.05) is 50.2 Å². The Labute approximate surface area is 166 Å². The number of carbonyl (C=O) groups is 1. The highest BCUT2D eigenvalue weighted by Gasteiger charge is 2.21. The zero-order valence-electron chi connectivity index (χ0n) is 15.4. The van der Waals surface area contributed by atoms with Crippen molar-refractivity contribution >= 4 is 17.7 Å². The maximum Gasteiger partial charge on any atom is 0.277 e. The fourth-order valence-electron chi connectivity index (χ4n) is 2.76. The number of nitrogens with one attached hydrogen (secondary N) is 1. The summed E-state index contributed by atoms with van der Waals surface area (Å²) in [5.74, 6) is 1.61. The first kappa shape index (κ1) is 18.4.